The van der Waals surface area contributed by atoms with Gasteiger partial charge in [-0.2, -0.15) is 0 Å². The maximum atomic E-state index is 11.7. The highest BCUT2D eigenvalue weighted by atomic mass is 35.5. The number of nitrogens with zero attached hydrogens (tertiary/aromatic N) is 3. The number of benzene rings is 1. The molecular weight excluding hydrogens is 412 g/mol. The number of rotatable bonds is 8. The quantitative estimate of drug-likeness (QED) is 0.431. The van der Waals surface area contributed by atoms with Crippen molar-refractivity contribution in [3.05, 3.63) is 58.7 Å². The molecule has 2 heterocycles. The first-order chi connectivity index (χ1) is 15.1. The van der Waals surface area contributed by atoms with E-state index in [1.807, 2.05) is 37.3 Å². The summed E-state index contributed by atoms with van der Waals surface area (Å²) in [4.78, 5) is 23.1. The number of carbonyl (C=O) groups is 1. The molecule has 1 aliphatic rings. The molecule has 7 nitrogen and oxygen atoms in total. The van der Waals surface area contributed by atoms with Crippen molar-refractivity contribution in [1.29, 1.82) is 0 Å². The van der Waals surface area contributed by atoms with Crippen LogP contribution in [0.3, 0.4) is 0 Å². The number of guanidine groups is 1. The number of carbonyl (C=O) groups excluding carboxylic acids is 1. The Labute approximate surface area is 189 Å². The molecule has 31 heavy (non-hydrogen) atoms. The van der Waals surface area contributed by atoms with Crippen molar-refractivity contribution in [2.24, 2.45) is 16.6 Å². The van der Waals surface area contributed by atoms with E-state index in [2.05, 4.69) is 26.6 Å². The molecule has 1 unspecified atom stereocenters. The molecule has 0 aliphatic carbocycles. The average molecular weight is 443 g/mol. The Balaban J connectivity index is 1.64. The monoisotopic (exact) mass is 442 g/mol. The molecule has 1 aliphatic heterocycles. The van der Waals surface area contributed by atoms with E-state index >= 15 is 0 Å². The van der Waals surface area contributed by atoms with Gasteiger partial charge in [-0.05, 0) is 49.9 Å². The number of nitrogens with two attached hydrogens (primary N) is 1. The summed E-state index contributed by atoms with van der Waals surface area (Å²) in [5, 5.41) is 7.42. The number of nitrogens with one attached hydrogen (secondary N) is 2. The molecule has 8 heteroatoms. The number of aliphatic imine (C=N–C) groups is 1. The largest absolute Gasteiger partial charge is 0.369 e. The Hall–Kier alpha value is -2.80. The third-order valence-corrected chi connectivity index (χ3v) is 5.57. The number of halogens is 1. The third kappa shape index (κ3) is 6.85. The van der Waals surface area contributed by atoms with Crippen molar-refractivity contribution in [3.63, 3.8) is 0 Å². The van der Waals surface area contributed by atoms with Crippen molar-refractivity contribution in [3.8, 4) is 0 Å². The Kier molecular flexibility index (Phi) is 8.53. The minimum absolute atomic E-state index is 0.127. The van der Waals surface area contributed by atoms with Gasteiger partial charge in [0.15, 0.2) is 5.96 Å². The molecule has 1 saturated heterocycles. The molecule has 166 valence electrons. The zero-order valence-electron chi connectivity index (χ0n) is 18.0. The molecule has 0 radical (unpaired) electrons. The van der Waals surface area contributed by atoms with Crippen LogP contribution in [0.1, 0.15) is 30.9 Å². The van der Waals surface area contributed by atoms with Crippen molar-refractivity contribution in [2.75, 3.05) is 31.1 Å². The number of pyridine rings is 1. The Bertz CT molecular complexity index is 903. The van der Waals surface area contributed by atoms with Crippen LogP contribution in [0.4, 0.5) is 5.82 Å². The molecule has 0 spiro atoms. The van der Waals surface area contributed by atoms with Crippen molar-refractivity contribution >= 4 is 29.3 Å². The van der Waals surface area contributed by atoms with E-state index in [9.17, 15) is 4.79 Å². The van der Waals surface area contributed by atoms with E-state index in [1.165, 1.54) is 5.56 Å². The van der Waals surface area contributed by atoms with E-state index < -0.39 is 0 Å². The molecule has 1 amide bonds. The van der Waals surface area contributed by atoms with Gasteiger partial charge in [-0.25, -0.2) is 9.98 Å². The molecule has 0 bridgehead atoms. The Morgan fingerprint density at radius 1 is 1.32 bits per heavy atom. The van der Waals surface area contributed by atoms with E-state index in [0.717, 1.165) is 61.3 Å². The Morgan fingerprint density at radius 2 is 2.19 bits per heavy atom. The van der Waals surface area contributed by atoms with Gasteiger partial charge in [0.05, 0.1) is 12.5 Å². The summed E-state index contributed by atoms with van der Waals surface area (Å²) in [6.45, 7) is 5.54. The van der Waals surface area contributed by atoms with Gasteiger partial charge in [0, 0.05) is 43.0 Å². The molecule has 1 aromatic carbocycles. The third-order valence-electron chi connectivity index (χ3n) is 5.34. The number of primary amides is 1. The zero-order valence-corrected chi connectivity index (χ0v) is 18.7. The first-order valence-corrected chi connectivity index (χ1v) is 11.2. The van der Waals surface area contributed by atoms with Crippen molar-refractivity contribution < 1.29 is 4.79 Å². The fraction of sp³-hybridized carbons (Fsp3) is 0.435. The van der Waals surface area contributed by atoms with Crippen molar-refractivity contribution in [2.45, 2.75) is 32.7 Å². The van der Waals surface area contributed by atoms with Crippen molar-refractivity contribution in [1.82, 2.24) is 15.6 Å². The van der Waals surface area contributed by atoms with Gasteiger partial charge in [-0.15, -0.1) is 0 Å². The number of aromatic nitrogens is 1. The number of hydrogen-bond donors (Lipinski definition) is 3. The predicted octanol–water partition coefficient (Wildman–Crippen LogP) is 2.73. The second kappa shape index (κ2) is 11.6. The summed E-state index contributed by atoms with van der Waals surface area (Å²) < 4.78 is 0. The highest BCUT2D eigenvalue weighted by molar-refractivity contribution is 6.30. The number of anilines is 1. The first-order valence-electron chi connectivity index (χ1n) is 10.8. The summed E-state index contributed by atoms with van der Waals surface area (Å²) in [7, 11) is 0. The van der Waals surface area contributed by atoms with Gasteiger partial charge in [0.25, 0.3) is 0 Å². The van der Waals surface area contributed by atoms with Crippen LogP contribution in [-0.4, -0.2) is 43.0 Å². The smallest absolute Gasteiger partial charge is 0.222 e. The van der Waals surface area contributed by atoms with E-state index in [4.69, 9.17) is 22.3 Å². The van der Waals surface area contributed by atoms with Crippen LogP contribution in [0.25, 0.3) is 0 Å². The van der Waals surface area contributed by atoms with E-state index in [1.54, 1.807) is 6.20 Å². The predicted molar refractivity (Wildman–Crippen MR) is 126 cm³/mol. The molecular formula is C23H31ClN6O. The maximum Gasteiger partial charge on any atom is 0.222 e. The highest BCUT2D eigenvalue weighted by Gasteiger charge is 2.25. The standard InChI is InChI=1S/C23H31ClN6O/c1-2-26-23(28-12-10-17-6-3-9-20(24)14-17)29-15-18-7-4-11-27-22(18)30-13-5-8-19(16-30)21(25)31/h3-4,6-7,9,11,14,19H,2,5,8,10,12-13,15-16H2,1H3,(H2,25,31)(H2,26,28,29). The number of hydrogen-bond acceptors (Lipinski definition) is 4. The summed E-state index contributed by atoms with van der Waals surface area (Å²) >= 11 is 6.07. The Morgan fingerprint density at radius 3 is 2.97 bits per heavy atom. The normalized spacial score (nSPS) is 16.8. The molecule has 1 fully saturated rings. The molecule has 0 saturated carbocycles. The summed E-state index contributed by atoms with van der Waals surface area (Å²) in [5.74, 6) is 1.27. The maximum absolute atomic E-state index is 11.7. The minimum atomic E-state index is -0.237. The summed E-state index contributed by atoms with van der Waals surface area (Å²) in [5.41, 5.74) is 7.75. The van der Waals surface area contributed by atoms with Gasteiger partial charge in [0.1, 0.15) is 5.82 Å². The minimum Gasteiger partial charge on any atom is -0.369 e. The van der Waals surface area contributed by atoms with Gasteiger partial charge in [0.2, 0.25) is 5.91 Å². The van der Waals surface area contributed by atoms with Crippen LogP contribution in [0.5, 0.6) is 0 Å². The second-order valence-electron chi connectivity index (χ2n) is 7.68. The summed E-state index contributed by atoms with van der Waals surface area (Å²) in [6, 6.07) is 11.8. The topological polar surface area (TPSA) is 95.6 Å². The lowest BCUT2D eigenvalue weighted by atomic mass is 9.97. The van der Waals surface area contributed by atoms with Crippen LogP contribution in [0.15, 0.2) is 47.6 Å². The van der Waals surface area contributed by atoms with E-state index in [0.29, 0.717) is 13.1 Å². The SMILES string of the molecule is CCNC(=NCc1cccnc1N1CCCC(C(N)=O)C1)NCCc1cccc(Cl)c1. The first kappa shape index (κ1) is 22.9. The van der Waals surface area contributed by atoms with Crippen LogP contribution < -0.4 is 21.3 Å². The van der Waals surface area contributed by atoms with Crippen LogP contribution in [0.2, 0.25) is 5.02 Å². The number of amides is 1. The molecule has 2 aromatic rings. The second-order valence-corrected chi connectivity index (χ2v) is 8.11. The number of piperidine rings is 1. The van der Waals surface area contributed by atoms with Crippen LogP contribution in [-0.2, 0) is 17.8 Å². The lowest BCUT2D eigenvalue weighted by Gasteiger charge is -2.33. The van der Waals surface area contributed by atoms with Crippen LogP contribution >= 0.6 is 11.6 Å². The molecule has 4 N–H and O–H groups in total. The average Bonchev–Trinajstić information content (AvgIpc) is 2.78. The fourth-order valence-corrected chi connectivity index (χ4v) is 3.98. The molecule has 1 aromatic heterocycles. The summed E-state index contributed by atoms with van der Waals surface area (Å²) in [6.07, 6.45) is 4.41. The van der Waals surface area contributed by atoms with Gasteiger partial charge < -0.3 is 21.3 Å². The fourth-order valence-electron chi connectivity index (χ4n) is 3.76. The molecule has 1 atom stereocenters. The van der Waals surface area contributed by atoms with Gasteiger partial charge >= 0.3 is 0 Å². The van der Waals surface area contributed by atoms with E-state index in [-0.39, 0.29) is 11.8 Å². The highest BCUT2D eigenvalue weighted by Crippen LogP contribution is 2.25. The zero-order chi connectivity index (χ0) is 22.1. The lowest BCUT2D eigenvalue weighted by molar-refractivity contribution is -0.122. The lowest BCUT2D eigenvalue weighted by Crippen LogP contribution is -2.42. The molecule has 3 rings (SSSR count). The van der Waals surface area contributed by atoms with Crippen LogP contribution in [0, 0.1) is 5.92 Å². The van der Waals surface area contributed by atoms with Gasteiger partial charge in [-0.1, -0.05) is 29.8 Å². The van der Waals surface area contributed by atoms with Gasteiger partial charge in [-0.3, -0.25) is 4.79 Å².